The first-order valence-electron chi connectivity index (χ1n) is 6.46. The molecule has 0 radical (unpaired) electrons. The number of imide groups is 1. The molecule has 5 heteroatoms. The molecule has 1 aliphatic carbocycles. The third-order valence-electron chi connectivity index (χ3n) is 3.92. The molecule has 1 unspecified atom stereocenters. The molecule has 1 aliphatic heterocycles. The SMILES string of the molecule is CCN(C1CCC(N)CC1)C1CC(=O)NC1=O. The van der Waals surface area contributed by atoms with Crippen molar-refractivity contribution in [3.05, 3.63) is 0 Å². The Balaban J connectivity index is 2.01. The Morgan fingerprint density at radius 3 is 2.41 bits per heavy atom. The molecule has 1 heterocycles. The molecule has 0 aromatic rings. The zero-order valence-electron chi connectivity index (χ0n) is 10.3. The minimum Gasteiger partial charge on any atom is -0.328 e. The molecular weight excluding hydrogens is 218 g/mol. The predicted octanol–water partition coefficient (Wildman–Crippen LogP) is -0.00670. The van der Waals surface area contributed by atoms with E-state index in [9.17, 15) is 9.59 Å². The largest absolute Gasteiger partial charge is 0.328 e. The van der Waals surface area contributed by atoms with Crippen molar-refractivity contribution in [2.45, 2.75) is 57.2 Å². The highest BCUT2D eigenvalue weighted by Gasteiger charge is 2.38. The number of rotatable bonds is 3. The fraction of sp³-hybridized carbons (Fsp3) is 0.833. The summed E-state index contributed by atoms with van der Waals surface area (Å²) in [6, 6.07) is 0.456. The van der Waals surface area contributed by atoms with Gasteiger partial charge in [0, 0.05) is 12.1 Å². The van der Waals surface area contributed by atoms with E-state index in [1.807, 2.05) is 6.92 Å². The van der Waals surface area contributed by atoms with E-state index in [0.717, 1.165) is 32.2 Å². The summed E-state index contributed by atoms with van der Waals surface area (Å²) in [5.41, 5.74) is 5.89. The fourth-order valence-electron chi connectivity index (χ4n) is 2.97. The van der Waals surface area contributed by atoms with Gasteiger partial charge in [-0.1, -0.05) is 6.92 Å². The van der Waals surface area contributed by atoms with Gasteiger partial charge in [-0.15, -0.1) is 0 Å². The Morgan fingerprint density at radius 2 is 1.94 bits per heavy atom. The van der Waals surface area contributed by atoms with Gasteiger partial charge in [0.25, 0.3) is 0 Å². The van der Waals surface area contributed by atoms with Gasteiger partial charge < -0.3 is 5.73 Å². The van der Waals surface area contributed by atoms with Crippen molar-refractivity contribution in [3.63, 3.8) is 0 Å². The second kappa shape index (κ2) is 5.14. The first-order valence-corrected chi connectivity index (χ1v) is 6.46. The number of nitrogens with one attached hydrogen (secondary N) is 1. The molecule has 3 N–H and O–H groups in total. The molecule has 1 saturated heterocycles. The second-order valence-corrected chi connectivity index (χ2v) is 5.03. The van der Waals surface area contributed by atoms with Crippen molar-refractivity contribution in [2.24, 2.45) is 5.73 Å². The molecule has 17 heavy (non-hydrogen) atoms. The van der Waals surface area contributed by atoms with E-state index >= 15 is 0 Å². The van der Waals surface area contributed by atoms with Gasteiger partial charge in [0.2, 0.25) is 11.8 Å². The molecule has 2 amide bonds. The summed E-state index contributed by atoms with van der Waals surface area (Å²) in [7, 11) is 0. The van der Waals surface area contributed by atoms with Crippen LogP contribution < -0.4 is 11.1 Å². The molecule has 0 aromatic heterocycles. The minimum atomic E-state index is -0.258. The van der Waals surface area contributed by atoms with E-state index in [1.165, 1.54) is 0 Å². The molecule has 0 spiro atoms. The number of carbonyl (C=O) groups excluding carboxylic acids is 2. The van der Waals surface area contributed by atoms with Gasteiger partial charge >= 0.3 is 0 Å². The van der Waals surface area contributed by atoms with Crippen LogP contribution in [0.15, 0.2) is 0 Å². The predicted molar refractivity (Wildman–Crippen MR) is 64.2 cm³/mol. The van der Waals surface area contributed by atoms with Crippen LogP contribution >= 0.6 is 0 Å². The maximum Gasteiger partial charge on any atom is 0.244 e. The first-order chi connectivity index (χ1) is 8.11. The third-order valence-corrected chi connectivity index (χ3v) is 3.92. The van der Waals surface area contributed by atoms with E-state index in [1.54, 1.807) is 0 Å². The monoisotopic (exact) mass is 239 g/mol. The van der Waals surface area contributed by atoms with E-state index in [-0.39, 0.29) is 17.9 Å². The number of nitrogens with zero attached hydrogens (tertiary/aromatic N) is 1. The molecule has 2 rings (SSSR count). The Hall–Kier alpha value is -0.940. The molecule has 5 nitrogen and oxygen atoms in total. The van der Waals surface area contributed by atoms with Crippen LogP contribution in [0.3, 0.4) is 0 Å². The summed E-state index contributed by atoms with van der Waals surface area (Å²) in [6.07, 6.45) is 4.42. The van der Waals surface area contributed by atoms with Crippen LogP contribution in [0.4, 0.5) is 0 Å². The zero-order chi connectivity index (χ0) is 12.4. The van der Waals surface area contributed by atoms with E-state index in [0.29, 0.717) is 18.5 Å². The Kier molecular flexibility index (Phi) is 3.79. The lowest BCUT2D eigenvalue weighted by Crippen LogP contribution is -2.49. The molecule has 2 aliphatic rings. The van der Waals surface area contributed by atoms with Crippen molar-refractivity contribution in [1.82, 2.24) is 10.2 Å². The summed E-state index contributed by atoms with van der Waals surface area (Å²) < 4.78 is 0. The molecule has 0 aromatic carbocycles. The lowest BCUT2D eigenvalue weighted by Gasteiger charge is -2.37. The number of hydrogen-bond acceptors (Lipinski definition) is 4. The summed E-state index contributed by atoms with van der Waals surface area (Å²) in [5, 5.41) is 2.39. The van der Waals surface area contributed by atoms with Gasteiger partial charge in [-0.3, -0.25) is 19.8 Å². The van der Waals surface area contributed by atoms with Crippen molar-refractivity contribution in [2.75, 3.05) is 6.54 Å². The Labute approximate surface area is 102 Å². The molecular formula is C12H21N3O2. The number of amides is 2. The van der Waals surface area contributed by atoms with Crippen LogP contribution in [-0.4, -0.2) is 41.4 Å². The number of carbonyl (C=O) groups is 2. The lowest BCUT2D eigenvalue weighted by atomic mass is 9.90. The maximum atomic E-state index is 11.7. The van der Waals surface area contributed by atoms with Crippen LogP contribution in [0.2, 0.25) is 0 Å². The maximum absolute atomic E-state index is 11.7. The van der Waals surface area contributed by atoms with Crippen LogP contribution in [0, 0.1) is 0 Å². The Morgan fingerprint density at radius 1 is 1.29 bits per heavy atom. The Bertz CT molecular complexity index is 311. The van der Waals surface area contributed by atoms with E-state index < -0.39 is 0 Å². The highest BCUT2D eigenvalue weighted by atomic mass is 16.2. The smallest absolute Gasteiger partial charge is 0.244 e. The standard InChI is InChI=1S/C12H21N3O2/c1-2-15(9-5-3-8(13)4-6-9)10-7-11(16)14-12(10)17/h8-10H,2-7,13H2,1H3,(H,14,16,17). The fourth-order valence-corrected chi connectivity index (χ4v) is 2.97. The van der Waals surface area contributed by atoms with Crippen LogP contribution in [0.5, 0.6) is 0 Å². The molecule has 0 bridgehead atoms. The summed E-state index contributed by atoms with van der Waals surface area (Å²) in [6.45, 7) is 2.86. The molecule has 1 saturated carbocycles. The van der Waals surface area contributed by atoms with E-state index in [4.69, 9.17) is 5.73 Å². The van der Waals surface area contributed by atoms with Gasteiger partial charge in [0.1, 0.15) is 0 Å². The summed E-state index contributed by atoms with van der Waals surface area (Å²) in [5.74, 6) is -0.280. The average Bonchev–Trinajstić information content (AvgIpc) is 2.62. The zero-order valence-corrected chi connectivity index (χ0v) is 10.3. The van der Waals surface area contributed by atoms with Crippen molar-refractivity contribution in [3.8, 4) is 0 Å². The normalized spacial score (nSPS) is 34.2. The minimum absolute atomic E-state index is 0.133. The number of likely N-dealkylation sites (N-methyl/N-ethyl adjacent to an activating group) is 1. The van der Waals surface area contributed by atoms with Gasteiger partial charge in [-0.05, 0) is 32.2 Å². The highest BCUT2D eigenvalue weighted by molar-refractivity contribution is 6.05. The van der Waals surface area contributed by atoms with Crippen LogP contribution in [0.25, 0.3) is 0 Å². The molecule has 1 atom stereocenters. The highest BCUT2D eigenvalue weighted by Crippen LogP contribution is 2.25. The average molecular weight is 239 g/mol. The van der Waals surface area contributed by atoms with Gasteiger partial charge in [-0.2, -0.15) is 0 Å². The molecule has 96 valence electrons. The van der Waals surface area contributed by atoms with Crippen LogP contribution in [0.1, 0.15) is 39.0 Å². The number of hydrogen-bond donors (Lipinski definition) is 2. The topological polar surface area (TPSA) is 75.4 Å². The molecule has 2 fully saturated rings. The summed E-state index contributed by atoms with van der Waals surface area (Å²) >= 11 is 0. The van der Waals surface area contributed by atoms with Crippen molar-refractivity contribution >= 4 is 11.8 Å². The van der Waals surface area contributed by atoms with Crippen molar-refractivity contribution in [1.29, 1.82) is 0 Å². The number of nitrogens with two attached hydrogens (primary N) is 1. The van der Waals surface area contributed by atoms with Gasteiger partial charge in [0.15, 0.2) is 0 Å². The van der Waals surface area contributed by atoms with Gasteiger partial charge in [0.05, 0.1) is 12.5 Å². The van der Waals surface area contributed by atoms with Gasteiger partial charge in [-0.25, -0.2) is 0 Å². The third kappa shape index (κ3) is 2.66. The lowest BCUT2D eigenvalue weighted by molar-refractivity contribution is -0.126. The van der Waals surface area contributed by atoms with Crippen molar-refractivity contribution < 1.29 is 9.59 Å². The quantitative estimate of drug-likeness (QED) is 0.679. The first kappa shape index (κ1) is 12.5. The van der Waals surface area contributed by atoms with Crippen LogP contribution in [-0.2, 0) is 9.59 Å². The summed E-state index contributed by atoms with van der Waals surface area (Å²) in [4.78, 5) is 25.1. The van der Waals surface area contributed by atoms with E-state index in [2.05, 4.69) is 10.2 Å². The second-order valence-electron chi connectivity index (χ2n) is 5.03.